The molecule has 0 heterocycles. The molecule has 0 aliphatic carbocycles. The number of halogens is 1. The zero-order chi connectivity index (χ0) is 9.68. The molecule has 0 saturated carbocycles. The Morgan fingerprint density at radius 2 is 2.00 bits per heavy atom. The average Bonchev–Trinajstić information content (AvgIpc) is 2.18. The van der Waals surface area contributed by atoms with Gasteiger partial charge in [-0.15, -0.1) is 11.6 Å². The summed E-state index contributed by atoms with van der Waals surface area (Å²) in [5.41, 5.74) is 6.66. The number of hydrazine groups is 1. The Kier molecular flexibility index (Phi) is 3.73. The predicted molar refractivity (Wildman–Crippen MR) is 52.5 cm³/mol. The largest absolute Gasteiger partial charge is 0.288 e. The van der Waals surface area contributed by atoms with E-state index in [0.29, 0.717) is 11.4 Å². The summed E-state index contributed by atoms with van der Waals surface area (Å²) in [5, 5.41) is 0. The summed E-state index contributed by atoms with van der Waals surface area (Å²) in [7, 11) is 1.64. The lowest BCUT2D eigenvalue weighted by atomic mass is 10.1. The molecule has 2 N–H and O–H groups in total. The first kappa shape index (κ1) is 10.0. The predicted octanol–water partition coefficient (Wildman–Crippen LogP) is 1.29. The summed E-state index contributed by atoms with van der Waals surface area (Å²) in [4.78, 5) is 11.2. The van der Waals surface area contributed by atoms with Crippen molar-refractivity contribution in [3.63, 3.8) is 0 Å². The van der Waals surface area contributed by atoms with E-state index in [1.807, 2.05) is 12.1 Å². The highest BCUT2D eigenvalue weighted by molar-refractivity contribution is 6.17. The van der Waals surface area contributed by atoms with Crippen molar-refractivity contribution in [2.24, 2.45) is 0 Å². The summed E-state index contributed by atoms with van der Waals surface area (Å²) < 4.78 is 0. The van der Waals surface area contributed by atoms with Gasteiger partial charge >= 0.3 is 0 Å². The first-order chi connectivity index (χ1) is 6.27. The van der Waals surface area contributed by atoms with Crippen LogP contribution in [0.15, 0.2) is 24.3 Å². The lowest BCUT2D eigenvalue weighted by Gasteiger charge is -2.02. The maximum Gasteiger partial charge on any atom is 0.265 e. The summed E-state index contributed by atoms with van der Waals surface area (Å²) in [6.07, 6.45) is 0. The van der Waals surface area contributed by atoms with Gasteiger partial charge in [-0.1, -0.05) is 12.1 Å². The van der Waals surface area contributed by atoms with E-state index in [0.717, 1.165) is 5.56 Å². The molecule has 0 saturated heterocycles. The van der Waals surface area contributed by atoms with E-state index in [1.54, 1.807) is 19.2 Å². The SMILES string of the molecule is CNNC(=O)c1ccc(CCl)cc1. The average molecular weight is 199 g/mol. The molecular formula is C9H11ClN2O. The summed E-state index contributed by atoms with van der Waals surface area (Å²) in [6.45, 7) is 0. The van der Waals surface area contributed by atoms with Crippen LogP contribution in [0.25, 0.3) is 0 Å². The Hall–Kier alpha value is -1.06. The third-order valence-electron chi connectivity index (χ3n) is 1.61. The van der Waals surface area contributed by atoms with Gasteiger partial charge < -0.3 is 0 Å². The maximum atomic E-state index is 11.2. The molecule has 1 amide bonds. The number of amides is 1. The van der Waals surface area contributed by atoms with Crippen LogP contribution in [0.2, 0.25) is 0 Å². The van der Waals surface area contributed by atoms with Gasteiger partial charge in [0, 0.05) is 18.5 Å². The number of benzene rings is 1. The Morgan fingerprint density at radius 3 is 2.46 bits per heavy atom. The smallest absolute Gasteiger partial charge is 0.265 e. The van der Waals surface area contributed by atoms with Crippen molar-refractivity contribution in [2.75, 3.05) is 7.05 Å². The summed E-state index contributed by atoms with van der Waals surface area (Å²) in [5.74, 6) is 0.317. The molecule has 0 aliphatic heterocycles. The van der Waals surface area contributed by atoms with Crippen LogP contribution in [0.5, 0.6) is 0 Å². The van der Waals surface area contributed by atoms with Gasteiger partial charge in [0.05, 0.1) is 0 Å². The van der Waals surface area contributed by atoms with Crippen molar-refractivity contribution in [2.45, 2.75) is 5.88 Å². The Morgan fingerprint density at radius 1 is 1.38 bits per heavy atom. The fourth-order valence-electron chi connectivity index (χ4n) is 0.931. The molecule has 1 aromatic rings. The standard InChI is InChI=1S/C9H11ClN2O/c1-11-12-9(13)8-4-2-7(6-10)3-5-8/h2-5,11H,6H2,1H3,(H,12,13). The normalized spacial score (nSPS) is 9.69. The zero-order valence-corrected chi connectivity index (χ0v) is 8.06. The van der Waals surface area contributed by atoms with Gasteiger partial charge in [-0.25, -0.2) is 5.43 Å². The van der Waals surface area contributed by atoms with E-state index in [1.165, 1.54) is 0 Å². The highest BCUT2D eigenvalue weighted by Crippen LogP contribution is 2.06. The van der Waals surface area contributed by atoms with Crippen LogP contribution in [0.3, 0.4) is 0 Å². The van der Waals surface area contributed by atoms with Gasteiger partial charge in [-0.05, 0) is 17.7 Å². The van der Waals surface area contributed by atoms with Gasteiger partial charge in [-0.3, -0.25) is 10.2 Å². The molecule has 0 fully saturated rings. The second-order valence-corrected chi connectivity index (χ2v) is 2.80. The van der Waals surface area contributed by atoms with E-state index >= 15 is 0 Å². The third kappa shape index (κ3) is 2.72. The van der Waals surface area contributed by atoms with Crippen LogP contribution in [0, 0.1) is 0 Å². The van der Waals surface area contributed by atoms with Gasteiger partial charge in [0.1, 0.15) is 0 Å². The Balaban J connectivity index is 2.74. The fourth-order valence-corrected chi connectivity index (χ4v) is 1.11. The molecule has 3 nitrogen and oxygen atoms in total. The quantitative estimate of drug-likeness (QED) is 0.568. The van der Waals surface area contributed by atoms with E-state index in [-0.39, 0.29) is 5.91 Å². The van der Waals surface area contributed by atoms with E-state index in [9.17, 15) is 4.79 Å². The lowest BCUT2D eigenvalue weighted by Crippen LogP contribution is -2.34. The zero-order valence-electron chi connectivity index (χ0n) is 7.30. The number of hydrogen-bond acceptors (Lipinski definition) is 2. The minimum atomic E-state index is -0.149. The summed E-state index contributed by atoms with van der Waals surface area (Å²) >= 11 is 5.61. The van der Waals surface area contributed by atoms with E-state index in [4.69, 9.17) is 11.6 Å². The topological polar surface area (TPSA) is 41.1 Å². The molecule has 0 radical (unpaired) electrons. The van der Waals surface area contributed by atoms with Crippen LogP contribution in [-0.2, 0) is 5.88 Å². The minimum absolute atomic E-state index is 0.149. The Bertz CT molecular complexity index is 284. The number of carbonyl (C=O) groups excluding carboxylic acids is 1. The molecule has 0 bridgehead atoms. The number of rotatable bonds is 3. The molecule has 0 spiro atoms. The van der Waals surface area contributed by atoms with Crippen LogP contribution in [0.4, 0.5) is 0 Å². The molecule has 70 valence electrons. The minimum Gasteiger partial charge on any atom is -0.288 e. The van der Waals surface area contributed by atoms with Crippen molar-refractivity contribution in [3.05, 3.63) is 35.4 Å². The second-order valence-electron chi connectivity index (χ2n) is 2.53. The van der Waals surface area contributed by atoms with Gasteiger partial charge in [0.2, 0.25) is 0 Å². The van der Waals surface area contributed by atoms with Crippen LogP contribution in [0.1, 0.15) is 15.9 Å². The van der Waals surface area contributed by atoms with E-state index in [2.05, 4.69) is 10.9 Å². The van der Waals surface area contributed by atoms with Crippen molar-refractivity contribution >= 4 is 17.5 Å². The molecule has 0 unspecified atom stereocenters. The van der Waals surface area contributed by atoms with Crippen molar-refractivity contribution < 1.29 is 4.79 Å². The van der Waals surface area contributed by atoms with E-state index < -0.39 is 0 Å². The van der Waals surface area contributed by atoms with Crippen molar-refractivity contribution in [3.8, 4) is 0 Å². The first-order valence-electron chi connectivity index (χ1n) is 3.90. The van der Waals surface area contributed by atoms with Crippen LogP contribution < -0.4 is 10.9 Å². The second kappa shape index (κ2) is 4.84. The van der Waals surface area contributed by atoms with Gasteiger partial charge in [-0.2, -0.15) is 0 Å². The van der Waals surface area contributed by atoms with Crippen molar-refractivity contribution in [1.29, 1.82) is 0 Å². The highest BCUT2D eigenvalue weighted by Gasteiger charge is 2.02. The molecule has 1 aromatic carbocycles. The fraction of sp³-hybridized carbons (Fsp3) is 0.222. The molecule has 4 heteroatoms. The molecule has 1 rings (SSSR count). The monoisotopic (exact) mass is 198 g/mol. The third-order valence-corrected chi connectivity index (χ3v) is 1.92. The molecule has 0 aliphatic rings. The van der Waals surface area contributed by atoms with Crippen LogP contribution >= 0.6 is 11.6 Å². The lowest BCUT2D eigenvalue weighted by molar-refractivity contribution is 0.0938. The van der Waals surface area contributed by atoms with Gasteiger partial charge in [0.25, 0.3) is 5.91 Å². The number of carbonyl (C=O) groups is 1. The number of hydrogen-bond donors (Lipinski definition) is 2. The molecule has 0 aromatic heterocycles. The Labute approximate surface area is 82.1 Å². The van der Waals surface area contributed by atoms with Crippen LogP contribution in [-0.4, -0.2) is 13.0 Å². The molecule has 0 atom stereocenters. The molecular weight excluding hydrogens is 188 g/mol. The van der Waals surface area contributed by atoms with Crippen molar-refractivity contribution in [1.82, 2.24) is 10.9 Å². The number of nitrogens with one attached hydrogen (secondary N) is 2. The first-order valence-corrected chi connectivity index (χ1v) is 4.43. The number of alkyl halides is 1. The summed E-state index contributed by atoms with van der Waals surface area (Å²) in [6, 6.07) is 7.14. The maximum absolute atomic E-state index is 11.2. The molecule has 13 heavy (non-hydrogen) atoms. The highest BCUT2D eigenvalue weighted by atomic mass is 35.5. The van der Waals surface area contributed by atoms with Gasteiger partial charge in [0.15, 0.2) is 0 Å².